The number of benzene rings is 1. The lowest BCUT2D eigenvalue weighted by Gasteiger charge is -2.12. The highest BCUT2D eigenvalue weighted by Gasteiger charge is 2.21. The minimum Gasteiger partial charge on any atom is -0.493 e. The van der Waals surface area contributed by atoms with Crippen LogP contribution in [0, 0.1) is 0 Å². The number of carbonyl (C=O) groups excluding carboxylic acids is 1. The van der Waals surface area contributed by atoms with E-state index in [1.54, 1.807) is 25.4 Å². The fourth-order valence-electron chi connectivity index (χ4n) is 2.29. The Labute approximate surface area is 154 Å². The van der Waals surface area contributed by atoms with Crippen LogP contribution in [-0.2, 0) is 7.05 Å². The molecule has 9 heteroatoms. The SMILES string of the molecule is CCCOc1c(Cl)cc(-c2noc(C(=O)c3cnn(C)c3)n2)cc1OC. The summed E-state index contributed by atoms with van der Waals surface area (Å²) in [7, 11) is 3.23. The van der Waals surface area contributed by atoms with Gasteiger partial charge in [0, 0.05) is 18.8 Å². The van der Waals surface area contributed by atoms with Crippen molar-refractivity contribution in [3.8, 4) is 22.9 Å². The van der Waals surface area contributed by atoms with Crippen molar-refractivity contribution in [1.29, 1.82) is 0 Å². The molecule has 0 atom stereocenters. The van der Waals surface area contributed by atoms with Crippen molar-refractivity contribution in [3.05, 3.63) is 41.0 Å². The molecule has 0 aliphatic rings. The van der Waals surface area contributed by atoms with Gasteiger partial charge in [-0.1, -0.05) is 23.7 Å². The van der Waals surface area contributed by atoms with Crippen LogP contribution in [0.1, 0.15) is 29.6 Å². The van der Waals surface area contributed by atoms with Crippen molar-refractivity contribution in [2.75, 3.05) is 13.7 Å². The van der Waals surface area contributed by atoms with Gasteiger partial charge in [-0.25, -0.2) is 0 Å². The zero-order chi connectivity index (χ0) is 18.7. The zero-order valence-electron chi connectivity index (χ0n) is 14.5. The monoisotopic (exact) mass is 376 g/mol. The Hall–Kier alpha value is -2.87. The summed E-state index contributed by atoms with van der Waals surface area (Å²) in [6.45, 7) is 2.51. The minimum absolute atomic E-state index is 0.130. The highest BCUT2D eigenvalue weighted by Crippen LogP contribution is 2.39. The molecule has 0 saturated heterocycles. The summed E-state index contributed by atoms with van der Waals surface area (Å²) in [5.41, 5.74) is 0.909. The van der Waals surface area contributed by atoms with Crippen LogP contribution in [0.2, 0.25) is 5.02 Å². The molecule has 136 valence electrons. The maximum absolute atomic E-state index is 12.3. The van der Waals surface area contributed by atoms with Crippen LogP contribution in [0.25, 0.3) is 11.4 Å². The van der Waals surface area contributed by atoms with Gasteiger partial charge in [0.25, 0.3) is 11.7 Å². The van der Waals surface area contributed by atoms with Crippen molar-refractivity contribution < 1.29 is 18.8 Å². The first kappa shape index (κ1) is 17.9. The number of nitrogens with zero attached hydrogens (tertiary/aromatic N) is 4. The molecule has 0 N–H and O–H groups in total. The number of rotatable bonds is 7. The molecule has 2 aromatic heterocycles. The van der Waals surface area contributed by atoms with Crippen LogP contribution < -0.4 is 9.47 Å². The van der Waals surface area contributed by atoms with Crippen LogP contribution in [0.4, 0.5) is 0 Å². The number of methoxy groups -OCH3 is 1. The summed E-state index contributed by atoms with van der Waals surface area (Å²) >= 11 is 6.30. The molecule has 3 rings (SSSR count). The molecule has 3 aromatic rings. The third kappa shape index (κ3) is 3.55. The number of carbonyl (C=O) groups is 1. The van der Waals surface area contributed by atoms with Gasteiger partial charge >= 0.3 is 0 Å². The predicted molar refractivity (Wildman–Crippen MR) is 93.7 cm³/mol. The van der Waals surface area contributed by atoms with Gasteiger partial charge in [0.15, 0.2) is 11.5 Å². The van der Waals surface area contributed by atoms with E-state index < -0.39 is 5.78 Å². The molecular weight excluding hydrogens is 360 g/mol. The van der Waals surface area contributed by atoms with E-state index in [-0.39, 0.29) is 11.7 Å². The Morgan fingerprint density at radius 1 is 1.38 bits per heavy atom. The fraction of sp³-hybridized carbons (Fsp3) is 0.294. The number of aryl methyl sites for hydroxylation is 1. The second-order valence-electron chi connectivity index (χ2n) is 5.49. The molecule has 0 spiro atoms. The van der Waals surface area contributed by atoms with E-state index in [0.29, 0.717) is 34.3 Å². The highest BCUT2D eigenvalue weighted by molar-refractivity contribution is 6.32. The third-order valence-electron chi connectivity index (χ3n) is 3.53. The summed E-state index contributed by atoms with van der Waals surface area (Å²) < 4.78 is 17.6. The van der Waals surface area contributed by atoms with Crippen molar-refractivity contribution in [3.63, 3.8) is 0 Å². The second kappa shape index (κ2) is 7.57. The number of aromatic nitrogens is 4. The van der Waals surface area contributed by atoms with Crippen LogP contribution in [0.15, 0.2) is 29.0 Å². The lowest BCUT2D eigenvalue weighted by atomic mass is 10.2. The fourth-order valence-corrected chi connectivity index (χ4v) is 2.55. The van der Waals surface area contributed by atoms with Gasteiger partial charge in [0.1, 0.15) is 0 Å². The number of halogens is 1. The Morgan fingerprint density at radius 2 is 2.19 bits per heavy atom. The maximum atomic E-state index is 12.3. The van der Waals surface area contributed by atoms with Gasteiger partial charge < -0.3 is 14.0 Å². The van der Waals surface area contributed by atoms with E-state index in [4.69, 9.17) is 25.6 Å². The van der Waals surface area contributed by atoms with Crippen molar-refractivity contribution in [1.82, 2.24) is 19.9 Å². The van der Waals surface area contributed by atoms with Crippen molar-refractivity contribution >= 4 is 17.4 Å². The molecule has 8 nitrogen and oxygen atoms in total. The molecule has 0 unspecified atom stereocenters. The van der Waals surface area contributed by atoms with E-state index in [0.717, 1.165) is 6.42 Å². The van der Waals surface area contributed by atoms with Crippen LogP contribution in [0.5, 0.6) is 11.5 Å². The van der Waals surface area contributed by atoms with Gasteiger partial charge in [-0.15, -0.1) is 0 Å². The van der Waals surface area contributed by atoms with Gasteiger partial charge in [-0.05, 0) is 18.6 Å². The van der Waals surface area contributed by atoms with E-state index in [9.17, 15) is 4.79 Å². The third-order valence-corrected chi connectivity index (χ3v) is 3.81. The number of ketones is 1. The Kier molecular flexibility index (Phi) is 5.22. The van der Waals surface area contributed by atoms with Gasteiger partial charge in [0.05, 0.1) is 30.5 Å². The first-order valence-electron chi connectivity index (χ1n) is 7.91. The summed E-state index contributed by atoms with van der Waals surface area (Å²) in [6.07, 6.45) is 3.85. The molecule has 0 bridgehead atoms. The van der Waals surface area contributed by atoms with Gasteiger partial charge in [-0.2, -0.15) is 10.1 Å². The molecule has 26 heavy (non-hydrogen) atoms. The average Bonchev–Trinajstić information content (AvgIpc) is 3.28. The smallest absolute Gasteiger partial charge is 0.299 e. The van der Waals surface area contributed by atoms with E-state index in [1.807, 2.05) is 6.92 Å². The van der Waals surface area contributed by atoms with Gasteiger partial charge in [0.2, 0.25) is 5.82 Å². The van der Waals surface area contributed by atoms with Gasteiger partial charge in [-0.3, -0.25) is 9.48 Å². The predicted octanol–water partition coefficient (Wildman–Crippen LogP) is 3.15. The maximum Gasteiger partial charge on any atom is 0.299 e. The summed E-state index contributed by atoms with van der Waals surface area (Å²) in [5, 5.41) is 8.17. The first-order valence-corrected chi connectivity index (χ1v) is 8.29. The van der Waals surface area contributed by atoms with E-state index >= 15 is 0 Å². The average molecular weight is 377 g/mol. The summed E-state index contributed by atoms with van der Waals surface area (Å²) in [4.78, 5) is 16.5. The minimum atomic E-state index is -0.405. The first-order chi connectivity index (χ1) is 12.5. The molecule has 0 amide bonds. The van der Waals surface area contributed by atoms with E-state index in [1.165, 1.54) is 18.0 Å². The topological polar surface area (TPSA) is 92.3 Å². The summed E-state index contributed by atoms with van der Waals surface area (Å²) in [6, 6.07) is 3.32. The molecule has 0 radical (unpaired) electrons. The number of hydrogen-bond acceptors (Lipinski definition) is 7. The van der Waals surface area contributed by atoms with Crippen molar-refractivity contribution in [2.24, 2.45) is 7.05 Å². The van der Waals surface area contributed by atoms with Crippen LogP contribution in [0.3, 0.4) is 0 Å². The quantitative estimate of drug-likeness (QED) is 0.585. The Morgan fingerprint density at radius 3 is 2.85 bits per heavy atom. The molecule has 0 aliphatic heterocycles. The van der Waals surface area contributed by atoms with Crippen molar-refractivity contribution in [2.45, 2.75) is 13.3 Å². The van der Waals surface area contributed by atoms with Crippen LogP contribution in [-0.4, -0.2) is 39.4 Å². The number of ether oxygens (including phenoxy) is 2. The molecule has 1 aromatic carbocycles. The van der Waals surface area contributed by atoms with Crippen LogP contribution >= 0.6 is 11.6 Å². The summed E-state index contributed by atoms with van der Waals surface area (Å²) in [5.74, 6) is 0.590. The molecular formula is C17H17ClN4O4. The van der Waals surface area contributed by atoms with E-state index in [2.05, 4.69) is 15.2 Å². The molecule has 0 saturated carbocycles. The normalized spacial score (nSPS) is 10.8. The Bertz CT molecular complexity index is 935. The highest BCUT2D eigenvalue weighted by atomic mass is 35.5. The molecule has 2 heterocycles. The lowest BCUT2D eigenvalue weighted by molar-refractivity contribution is 0.0994. The zero-order valence-corrected chi connectivity index (χ0v) is 15.3. The Balaban J connectivity index is 1.91. The number of hydrogen-bond donors (Lipinski definition) is 0. The second-order valence-corrected chi connectivity index (χ2v) is 5.90. The lowest BCUT2D eigenvalue weighted by Crippen LogP contribution is -2.01. The molecule has 0 aliphatic carbocycles. The standard InChI is InChI=1S/C17H17ClN4O4/c1-4-5-25-15-12(18)6-10(7-13(15)24-3)16-20-17(26-21-16)14(23)11-8-19-22(2)9-11/h6-9H,4-5H2,1-3H3. The molecule has 0 fully saturated rings. The largest absolute Gasteiger partial charge is 0.493 e.